The van der Waals surface area contributed by atoms with Gasteiger partial charge in [0.05, 0.1) is 10.5 Å². The van der Waals surface area contributed by atoms with Crippen LogP contribution in [0.2, 0.25) is 0 Å². The SMILES string of the molecule is CCc1cc(Br)c(S(=O)(=O)N(C)C)cc1C(=O)O. The van der Waals surface area contributed by atoms with Crippen LogP contribution in [0.5, 0.6) is 0 Å². The van der Waals surface area contributed by atoms with Crippen LogP contribution in [-0.2, 0) is 16.4 Å². The molecular weight excluding hydrogens is 322 g/mol. The van der Waals surface area contributed by atoms with Gasteiger partial charge in [0.2, 0.25) is 10.0 Å². The molecule has 1 aromatic rings. The van der Waals surface area contributed by atoms with Crippen LogP contribution < -0.4 is 0 Å². The first-order valence-corrected chi connectivity index (χ1v) is 7.43. The van der Waals surface area contributed by atoms with E-state index in [1.54, 1.807) is 6.07 Å². The van der Waals surface area contributed by atoms with Gasteiger partial charge in [-0.05, 0) is 40.0 Å². The first-order valence-electron chi connectivity index (χ1n) is 5.20. The summed E-state index contributed by atoms with van der Waals surface area (Å²) in [5.74, 6) is -1.13. The summed E-state index contributed by atoms with van der Waals surface area (Å²) < 4.78 is 25.5. The minimum atomic E-state index is -3.67. The molecule has 100 valence electrons. The number of aryl methyl sites for hydroxylation is 1. The predicted molar refractivity (Wildman–Crippen MR) is 71.4 cm³/mol. The number of rotatable bonds is 4. The third-order valence-electron chi connectivity index (χ3n) is 2.53. The van der Waals surface area contributed by atoms with Crippen molar-refractivity contribution in [3.63, 3.8) is 0 Å². The molecule has 1 rings (SSSR count). The Hall–Kier alpha value is -0.920. The van der Waals surface area contributed by atoms with E-state index in [0.717, 1.165) is 4.31 Å². The molecule has 0 saturated heterocycles. The van der Waals surface area contributed by atoms with Crippen molar-refractivity contribution in [2.24, 2.45) is 0 Å². The van der Waals surface area contributed by atoms with E-state index in [4.69, 9.17) is 5.11 Å². The molecule has 0 aliphatic heterocycles. The molecule has 0 spiro atoms. The summed E-state index contributed by atoms with van der Waals surface area (Å²) in [5.41, 5.74) is 0.605. The van der Waals surface area contributed by atoms with E-state index in [-0.39, 0.29) is 10.5 Å². The molecule has 0 bridgehead atoms. The maximum absolute atomic E-state index is 12.0. The Labute approximate surface area is 115 Å². The van der Waals surface area contributed by atoms with Crippen LogP contribution in [0.25, 0.3) is 0 Å². The second kappa shape index (κ2) is 5.38. The molecule has 0 atom stereocenters. The lowest BCUT2D eigenvalue weighted by Gasteiger charge is -2.15. The molecule has 0 radical (unpaired) electrons. The van der Waals surface area contributed by atoms with Crippen molar-refractivity contribution >= 4 is 31.9 Å². The number of benzene rings is 1. The quantitative estimate of drug-likeness (QED) is 0.912. The molecule has 0 aromatic heterocycles. The standard InChI is InChI=1S/C11H14BrNO4S/c1-4-7-5-9(12)10(6-8(7)11(14)15)18(16,17)13(2)3/h5-6H,4H2,1-3H3,(H,14,15). The van der Waals surface area contributed by atoms with Gasteiger partial charge in [-0.15, -0.1) is 0 Å². The number of hydrogen-bond donors (Lipinski definition) is 1. The summed E-state index contributed by atoms with van der Waals surface area (Å²) >= 11 is 3.18. The monoisotopic (exact) mass is 335 g/mol. The number of nitrogens with zero attached hydrogens (tertiary/aromatic N) is 1. The molecule has 0 amide bonds. The Morgan fingerprint density at radius 1 is 1.39 bits per heavy atom. The maximum atomic E-state index is 12.0. The number of aromatic carboxylic acids is 1. The van der Waals surface area contributed by atoms with E-state index in [0.29, 0.717) is 16.5 Å². The smallest absolute Gasteiger partial charge is 0.336 e. The molecule has 18 heavy (non-hydrogen) atoms. The van der Waals surface area contributed by atoms with Crippen molar-refractivity contribution in [3.05, 3.63) is 27.7 Å². The topological polar surface area (TPSA) is 74.7 Å². The molecule has 0 saturated carbocycles. The maximum Gasteiger partial charge on any atom is 0.336 e. The highest BCUT2D eigenvalue weighted by atomic mass is 79.9. The van der Waals surface area contributed by atoms with Gasteiger partial charge in [-0.3, -0.25) is 0 Å². The van der Waals surface area contributed by atoms with Crippen LogP contribution >= 0.6 is 15.9 Å². The van der Waals surface area contributed by atoms with Crippen LogP contribution in [0.4, 0.5) is 0 Å². The molecule has 0 unspecified atom stereocenters. The van der Waals surface area contributed by atoms with Gasteiger partial charge in [-0.1, -0.05) is 6.92 Å². The Morgan fingerprint density at radius 3 is 2.33 bits per heavy atom. The summed E-state index contributed by atoms with van der Waals surface area (Å²) in [7, 11) is -0.868. The molecule has 5 nitrogen and oxygen atoms in total. The van der Waals surface area contributed by atoms with Crippen LogP contribution in [0.3, 0.4) is 0 Å². The molecule has 0 fully saturated rings. The highest BCUT2D eigenvalue weighted by Crippen LogP contribution is 2.28. The lowest BCUT2D eigenvalue weighted by molar-refractivity contribution is 0.0695. The number of carboxylic acid groups (broad SMARTS) is 1. The van der Waals surface area contributed by atoms with Crippen LogP contribution in [0, 0.1) is 0 Å². The van der Waals surface area contributed by atoms with Crippen LogP contribution in [0.15, 0.2) is 21.5 Å². The fourth-order valence-electron chi connectivity index (χ4n) is 1.48. The molecule has 7 heteroatoms. The summed E-state index contributed by atoms with van der Waals surface area (Å²) in [6.45, 7) is 1.81. The normalized spacial score (nSPS) is 11.8. The number of hydrogen-bond acceptors (Lipinski definition) is 3. The second-order valence-corrected chi connectivity index (χ2v) is 6.86. The lowest BCUT2D eigenvalue weighted by Crippen LogP contribution is -2.23. The molecule has 0 aliphatic rings. The van der Waals surface area contributed by atoms with Crippen molar-refractivity contribution < 1.29 is 18.3 Å². The number of carbonyl (C=O) groups is 1. The fraction of sp³-hybridized carbons (Fsp3) is 0.364. The number of sulfonamides is 1. The Bertz CT molecular complexity index is 581. The molecule has 0 heterocycles. The predicted octanol–water partition coefficient (Wildman–Crippen LogP) is 1.96. The van der Waals surface area contributed by atoms with Crippen LogP contribution in [0.1, 0.15) is 22.8 Å². The number of carboxylic acids is 1. The Balaban J connectivity index is 3.59. The van der Waals surface area contributed by atoms with Gasteiger partial charge < -0.3 is 5.11 Å². The van der Waals surface area contributed by atoms with E-state index in [9.17, 15) is 13.2 Å². The van der Waals surface area contributed by atoms with E-state index in [1.165, 1.54) is 20.2 Å². The van der Waals surface area contributed by atoms with Gasteiger partial charge in [0.25, 0.3) is 0 Å². The van der Waals surface area contributed by atoms with Crippen molar-refractivity contribution in [3.8, 4) is 0 Å². The average molecular weight is 336 g/mol. The van der Waals surface area contributed by atoms with Crippen molar-refractivity contribution in [1.29, 1.82) is 0 Å². The zero-order valence-corrected chi connectivity index (χ0v) is 12.7. The Kier molecular flexibility index (Phi) is 4.52. The minimum Gasteiger partial charge on any atom is -0.478 e. The first-order chi connectivity index (χ1) is 8.21. The largest absolute Gasteiger partial charge is 0.478 e. The highest BCUT2D eigenvalue weighted by molar-refractivity contribution is 9.10. The lowest BCUT2D eigenvalue weighted by atomic mass is 10.1. The second-order valence-electron chi connectivity index (χ2n) is 3.89. The van der Waals surface area contributed by atoms with E-state index in [1.807, 2.05) is 6.92 Å². The van der Waals surface area contributed by atoms with Gasteiger partial charge >= 0.3 is 5.97 Å². The zero-order chi connectivity index (χ0) is 14.1. The summed E-state index contributed by atoms with van der Waals surface area (Å²) in [4.78, 5) is 11.1. The van der Waals surface area contributed by atoms with Crippen LogP contribution in [-0.4, -0.2) is 37.9 Å². The minimum absolute atomic E-state index is 0.0149. The van der Waals surface area contributed by atoms with Gasteiger partial charge in [-0.25, -0.2) is 17.5 Å². The Morgan fingerprint density at radius 2 is 1.94 bits per heavy atom. The molecule has 0 aliphatic carbocycles. The first kappa shape index (κ1) is 15.1. The average Bonchev–Trinajstić information content (AvgIpc) is 2.27. The number of halogens is 1. The summed E-state index contributed by atoms with van der Waals surface area (Å²) in [6.07, 6.45) is 0.516. The van der Waals surface area contributed by atoms with Gasteiger partial charge in [-0.2, -0.15) is 0 Å². The molecule has 1 N–H and O–H groups in total. The van der Waals surface area contributed by atoms with E-state index in [2.05, 4.69) is 15.9 Å². The van der Waals surface area contributed by atoms with Gasteiger partial charge in [0.15, 0.2) is 0 Å². The van der Waals surface area contributed by atoms with Gasteiger partial charge in [0, 0.05) is 18.6 Å². The fourth-order valence-corrected chi connectivity index (χ4v) is 3.45. The van der Waals surface area contributed by atoms with Crippen molar-refractivity contribution in [2.75, 3.05) is 14.1 Å². The third kappa shape index (κ3) is 2.73. The third-order valence-corrected chi connectivity index (χ3v) is 5.30. The van der Waals surface area contributed by atoms with E-state index < -0.39 is 16.0 Å². The zero-order valence-electron chi connectivity index (χ0n) is 10.3. The molecular formula is C11H14BrNO4S. The van der Waals surface area contributed by atoms with Crippen molar-refractivity contribution in [2.45, 2.75) is 18.2 Å². The molecule has 1 aromatic carbocycles. The van der Waals surface area contributed by atoms with Gasteiger partial charge in [0.1, 0.15) is 0 Å². The summed E-state index contributed by atoms with van der Waals surface area (Å²) in [5, 5.41) is 9.09. The highest BCUT2D eigenvalue weighted by Gasteiger charge is 2.23. The van der Waals surface area contributed by atoms with Crippen molar-refractivity contribution in [1.82, 2.24) is 4.31 Å². The summed E-state index contributed by atoms with van der Waals surface area (Å²) in [6, 6.07) is 2.74. The van der Waals surface area contributed by atoms with E-state index >= 15 is 0 Å².